The number of amides is 3. The van der Waals surface area contributed by atoms with E-state index in [1.54, 1.807) is 11.0 Å². The molecule has 3 rings (SSSR count). The van der Waals surface area contributed by atoms with Gasteiger partial charge in [0.05, 0.1) is 4.91 Å². The highest BCUT2D eigenvalue weighted by Gasteiger charge is 2.37. The smallest absolute Gasteiger partial charge is 0.294 e. The Bertz CT molecular complexity index is 681. The molecule has 0 aromatic heterocycles. The van der Waals surface area contributed by atoms with Gasteiger partial charge in [-0.25, -0.2) is 0 Å². The lowest BCUT2D eigenvalue weighted by Crippen LogP contribution is -2.40. The molecular weight excluding hydrogens is 380 g/mol. The van der Waals surface area contributed by atoms with Crippen molar-refractivity contribution >= 4 is 50.8 Å². The maximum absolute atomic E-state index is 12.4. The molecule has 2 aliphatic heterocycles. The van der Waals surface area contributed by atoms with Crippen LogP contribution in [0.2, 0.25) is 0 Å². The summed E-state index contributed by atoms with van der Waals surface area (Å²) in [5.41, 5.74) is 0.838. The van der Waals surface area contributed by atoms with Gasteiger partial charge in [-0.05, 0) is 48.4 Å². The SMILES string of the molecule is O=C(CN1C(=O)S/C(=C/c2ccc(Br)cc2)C1=O)N1CCCC1. The first-order chi connectivity index (χ1) is 11.0. The summed E-state index contributed by atoms with van der Waals surface area (Å²) in [7, 11) is 0. The van der Waals surface area contributed by atoms with Crippen molar-refractivity contribution in [3.05, 3.63) is 39.2 Å². The summed E-state index contributed by atoms with van der Waals surface area (Å²) in [6.45, 7) is 1.26. The second kappa shape index (κ2) is 6.88. The molecule has 3 amide bonds. The van der Waals surface area contributed by atoms with E-state index in [4.69, 9.17) is 0 Å². The Hall–Kier alpha value is -1.60. The molecule has 2 saturated heterocycles. The van der Waals surface area contributed by atoms with Crippen molar-refractivity contribution in [3.63, 3.8) is 0 Å². The minimum absolute atomic E-state index is 0.158. The number of thioether (sulfide) groups is 1. The van der Waals surface area contributed by atoms with Crippen molar-refractivity contribution < 1.29 is 14.4 Å². The van der Waals surface area contributed by atoms with Crippen LogP contribution in [-0.2, 0) is 9.59 Å². The Morgan fingerprint density at radius 3 is 2.48 bits per heavy atom. The van der Waals surface area contributed by atoms with Crippen molar-refractivity contribution in [2.24, 2.45) is 0 Å². The molecule has 0 atom stereocenters. The number of benzene rings is 1. The van der Waals surface area contributed by atoms with Crippen LogP contribution in [0.25, 0.3) is 6.08 Å². The monoisotopic (exact) mass is 394 g/mol. The fourth-order valence-corrected chi connectivity index (χ4v) is 3.65. The van der Waals surface area contributed by atoms with Gasteiger partial charge in [0.25, 0.3) is 11.1 Å². The van der Waals surface area contributed by atoms with E-state index in [1.807, 2.05) is 24.3 Å². The minimum atomic E-state index is -0.393. The molecule has 0 bridgehead atoms. The number of halogens is 1. The maximum Gasteiger partial charge on any atom is 0.294 e. The van der Waals surface area contributed by atoms with E-state index in [0.29, 0.717) is 18.0 Å². The van der Waals surface area contributed by atoms with Crippen LogP contribution in [-0.4, -0.2) is 46.5 Å². The third kappa shape index (κ3) is 3.67. The van der Waals surface area contributed by atoms with Gasteiger partial charge in [-0.2, -0.15) is 0 Å². The van der Waals surface area contributed by atoms with Crippen LogP contribution >= 0.6 is 27.7 Å². The van der Waals surface area contributed by atoms with E-state index in [9.17, 15) is 14.4 Å². The van der Waals surface area contributed by atoms with E-state index in [0.717, 1.165) is 39.5 Å². The Morgan fingerprint density at radius 2 is 1.83 bits per heavy atom. The molecule has 2 heterocycles. The third-order valence-electron chi connectivity index (χ3n) is 3.79. The summed E-state index contributed by atoms with van der Waals surface area (Å²) in [5.74, 6) is -0.551. The van der Waals surface area contributed by atoms with Crippen LogP contribution in [0.15, 0.2) is 33.6 Å². The highest BCUT2D eigenvalue weighted by atomic mass is 79.9. The molecule has 0 aliphatic carbocycles. The molecule has 7 heteroatoms. The first kappa shape index (κ1) is 16.3. The zero-order chi connectivity index (χ0) is 16.4. The summed E-state index contributed by atoms with van der Waals surface area (Å²) >= 11 is 4.23. The third-order valence-corrected chi connectivity index (χ3v) is 5.23. The molecule has 23 heavy (non-hydrogen) atoms. The molecule has 0 saturated carbocycles. The van der Waals surface area contributed by atoms with Crippen LogP contribution in [0.3, 0.4) is 0 Å². The van der Waals surface area contributed by atoms with Crippen molar-refractivity contribution in [3.8, 4) is 0 Å². The lowest BCUT2D eigenvalue weighted by molar-refractivity contribution is -0.135. The van der Waals surface area contributed by atoms with E-state index < -0.39 is 5.91 Å². The number of imide groups is 1. The first-order valence-electron chi connectivity index (χ1n) is 7.33. The number of nitrogens with zero attached hydrogens (tertiary/aromatic N) is 2. The van der Waals surface area contributed by atoms with Crippen molar-refractivity contribution in [1.82, 2.24) is 9.80 Å². The summed E-state index contributed by atoms with van der Waals surface area (Å²) in [5, 5.41) is -0.383. The predicted octanol–water partition coefficient (Wildman–Crippen LogP) is 3.11. The van der Waals surface area contributed by atoms with Gasteiger partial charge in [-0.1, -0.05) is 28.1 Å². The fourth-order valence-electron chi connectivity index (χ4n) is 2.55. The molecule has 1 aromatic carbocycles. The molecular formula is C16H15BrN2O3S. The Labute approximate surface area is 146 Å². The van der Waals surface area contributed by atoms with Crippen molar-refractivity contribution in [2.45, 2.75) is 12.8 Å². The molecule has 0 spiro atoms. The minimum Gasteiger partial charge on any atom is -0.341 e. The van der Waals surface area contributed by atoms with Crippen LogP contribution in [0.1, 0.15) is 18.4 Å². The van der Waals surface area contributed by atoms with Crippen LogP contribution in [0, 0.1) is 0 Å². The molecule has 2 fully saturated rings. The first-order valence-corrected chi connectivity index (χ1v) is 8.94. The van der Waals surface area contributed by atoms with Crippen LogP contribution in [0.4, 0.5) is 4.79 Å². The van der Waals surface area contributed by atoms with Gasteiger partial charge >= 0.3 is 0 Å². The van der Waals surface area contributed by atoms with Gasteiger partial charge < -0.3 is 4.90 Å². The zero-order valence-electron chi connectivity index (χ0n) is 12.3. The number of carbonyl (C=O) groups excluding carboxylic acids is 3. The van der Waals surface area contributed by atoms with Gasteiger partial charge in [0.2, 0.25) is 5.91 Å². The molecule has 0 unspecified atom stereocenters. The summed E-state index contributed by atoms with van der Waals surface area (Å²) in [4.78, 5) is 39.7. The average molecular weight is 395 g/mol. The lowest BCUT2D eigenvalue weighted by atomic mass is 10.2. The van der Waals surface area contributed by atoms with E-state index >= 15 is 0 Å². The molecule has 0 N–H and O–H groups in total. The number of carbonyl (C=O) groups is 3. The zero-order valence-corrected chi connectivity index (χ0v) is 14.7. The van der Waals surface area contributed by atoms with Gasteiger partial charge in [-0.15, -0.1) is 0 Å². The Kier molecular flexibility index (Phi) is 4.87. The fraction of sp³-hybridized carbons (Fsp3) is 0.312. The number of hydrogen-bond donors (Lipinski definition) is 0. The van der Waals surface area contributed by atoms with Crippen molar-refractivity contribution in [2.75, 3.05) is 19.6 Å². The molecule has 5 nitrogen and oxygen atoms in total. The standard InChI is InChI=1S/C16H15BrN2O3S/c17-12-5-3-11(4-6-12)9-13-15(21)19(16(22)23-13)10-14(20)18-7-1-2-8-18/h3-6,9H,1-2,7-8,10H2/b13-9+. The highest BCUT2D eigenvalue weighted by molar-refractivity contribution is 9.10. The topological polar surface area (TPSA) is 57.7 Å². The number of likely N-dealkylation sites (tertiary alicyclic amines) is 1. The lowest BCUT2D eigenvalue weighted by Gasteiger charge is -2.18. The number of hydrogen-bond acceptors (Lipinski definition) is 4. The molecule has 2 aliphatic rings. The van der Waals surface area contributed by atoms with Crippen LogP contribution < -0.4 is 0 Å². The van der Waals surface area contributed by atoms with E-state index in [-0.39, 0.29) is 17.7 Å². The van der Waals surface area contributed by atoms with Gasteiger partial charge in [0, 0.05) is 17.6 Å². The van der Waals surface area contributed by atoms with Crippen LogP contribution in [0.5, 0.6) is 0 Å². The predicted molar refractivity (Wildman–Crippen MR) is 92.6 cm³/mol. The molecule has 120 valence electrons. The van der Waals surface area contributed by atoms with E-state index in [2.05, 4.69) is 15.9 Å². The summed E-state index contributed by atoms with van der Waals surface area (Å²) in [6, 6.07) is 7.45. The summed E-state index contributed by atoms with van der Waals surface area (Å²) in [6.07, 6.45) is 3.64. The molecule has 0 radical (unpaired) electrons. The van der Waals surface area contributed by atoms with Gasteiger partial charge in [0.1, 0.15) is 6.54 Å². The second-order valence-electron chi connectivity index (χ2n) is 5.41. The second-order valence-corrected chi connectivity index (χ2v) is 7.32. The molecule has 1 aromatic rings. The average Bonchev–Trinajstić information content (AvgIpc) is 3.14. The summed E-state index contributed by atoms with van der Waals surface area (Å²) < 4.78 is 0.943. The van der Waals surface area contributed by atoms with Gasteiger partial charge in [0.15, 0.2) is 0 Å². The Balaban J connectivity index is 1.71. The maximum atomic E-state index is 12.4. The normalized spacial score (nSPS) is 20.0. The number of rotatable bonds is 3. The van der Waals surface area contributed by atoms with Gasteiger partial charge in [-0.3, -0.25) is 19.3 Å². The Morgan fingerprint density at radius 1 is 1.17 bits per heavy atom. The largest absolute Gasteiger partial charge is 0.341 e. The quantitative estimate of drug-likeness (QED) is 0.739. The van der Waals surface area contributed by atoms with Crippen molar-refractivity contribution in [1.29, 1.82) is 0 Å². The highest BCUT2D eigenvalue weighted by Crippen LogP contribution is 2.32. The van der Waals surface area contributed by atoms with E-state index in [1.165, 1.54) is 0 Å².